The minimum atomic E-state index is -1.11. The summed E-state index contributed by atoms with van der Waals surface area (Å²) in [6, 6.07) is 0. The van der Waals surface area contributed by atoms with E-state index in [4.69, 9.17) is 14.6 Å². The molecule has 5 heteroatoms. The molecule has 2 fully saturated rings. The Morgan fingerprint density at radius 3 is 2.73 bits per heavy atom. The van der Waals surface area contributed by atoms with Gasteiger partial charge in [0.05, 0.1) is 19.6 Å². The highest BCUT2D eigenvalue weighted by Crippen LogP contribution is 2.37. The summed E-state index contributed by atoms with van der Waals surface area (Å²) < 4.78 is 10.7. The van der Waals surface area contributed by atoms with Crippen molar-refractivity contribution in [3.8, 4) is 0 Å². The molecule has 2 aliphatic rings. The highest BCUT2D eigenvalue weighted by molar-refractivity contribution is 5.91. The molecular formula is C10H14O5. The van der Waals surface area contributed by atoms with Crippen LogP contribution in [0.2, 0.25) is 0 Å². The Balaban J connectivity index is 2.09. The summed E-state index contributed by atoms with van der Waals surface area (Å²) in [6.07, 6.45) is 1.85. The summed E-state index contributed by atoms with van der Waals surface area (Å²) in [7, 11) is 0. The molecule has 0 aromatic carbocycles. The van der Waals surface area contributed by atoms with Gasteiger partial charge in [-0.25, -0.2) is 0 Å². The van der Waals surface area contributed by atoms with Gasteiger partial charge in [0.1, 0.15) is 0 Å². The summed E-state index contributed by atoms with van der Waals surface area (Å²) in [5.41, 5.74) is 0. The van der Waals surface area contributed by atoms with Crippen molar-refractivity contribution in [1.29, 1.82) is 0 Å². The average molecular weight is 214 g/mol. The zero-order valence-corrected chi connectivity index (χ0v) is 8.40. The van der Waals surface area contributed by atoms with Gasteiger partial charge in [0.15, 0.2) is 5.78 Å². The second kappa shape index (κ2) is 3.90. The van der Waals surface area contributed by atoms with Gasteiger partial charge in [-0.3, -0.25) is 9.59 Å². The first-order valence-electron chi connectivity index (χ1n) is 5.18. The van der Waals surface area contributed by atoms with Crippen LogP contribution in [0.1, 0.15) is 25.7 Å². The summed E-state index contributed by atoms with van der Waals surface area (Å²) >= 11 is 0. The monoisotopic (exact) mass is 214 g/mol. The lowest BCUT2D eigenvalue weighted by Crippen LogP contribution is -2.47. The van der Waals surface area contributed by atoms with Crippen molar-refractivity contribution in [1.82, 2.24) is 0 Å². The molecule has 5 nitrogen and oxygen atoms in total. The van der Waals surface area contributed by atoms with Gasteiger partial charge < -0.3 is 14.6 Å². The second-order valence-electron chi connectivity index (χ2n) is 4.00. The molecule has 1 aliphatic carbocycles. The molecule has 2 rings (SSSR count). The largest absolute Gasteiger partial charge is 0.481 e. The first-order chi connectivity index (χ1) is 7.14. The molecule has 0 aromatic rings. The zero-order valence-electron chi connectivity index (χ0n) is 8.40. The van der Waals surface area contributed by atoms with Gasteiger partial charge in [-0.05, 0) is 12.8 Å². The third kappa shape index (κ3) is 1.89. The number of ketones is 1. The van der Waals surface area contributed by atoms with E-state index in [-0.39, 0.29) is 12.2 Å². The molecule has 0 unspecified atom stereocenters. The van der Waals surface area contributed by atoms with Crippen molar-refractivity contribution in [3.63, 3.8) is 0 Å². The smallest absolute Gasteiger partial charge is 0.304 e. The molecular weight excluding hydrogens is 200 g/mol. The van der Waals surface area contributed by atoms with Gasteiger partial charge >= 0.3 is 5.97 Å². The maximum absolute atomic E-state index is 12.0. The standard InChI is InChI=1S/C10H14O5/c11-8(12)6-7-2-1-3-10(9(7)13)14-4-5-15-10/h7H,1-6H2,(H,11,12)/t7-/m0/s1. The van der Waals surface area contributed by atoms with Crippen LogP contribution in [-0.4, -0.2) is 35.9 Å². The fourth-order valence-electron chi connectivity index (χ4n) is 2.29. The van der Waals surface area contributed by atoms with Crippen LogP contribution in [0.15, 0.2) is 0 Å². The van der Waals surface area contributed by atoms with Crippen LogP contribution in [0, 0.1) is 5.92 Å². The Morgan fingerprint density at radius 2 is 2.13 bits per heavy atom. The van der Waals surface area contributed by atoms with E-state index in [2.05, 4.69) is 0 Å². The second-order valence-corrected chi connectivity index (χ2v) is 4.00. The molecule has 1 N–H and O–H groups in total. The third-order valence-corrected chi connectivity index (χ3v) is 2.98. The quantitative estimate of drug-likeness (QED) is 0.727. The molecule has 0 aromatic heterocycles. The highest BCUT2D eigenvalue weighted by Gasteiger charge is 2.49. The van der Waals surface area contributed by atoms with Crippen LogP contribution < -0.4 is 0 Å². The van der Waals surface area contributed by atoms with Gasteiger partial charge in [0.25, 0.3) is 0 Å². The zero-order chi connectivity index (χ0) is 10.9. The minimum absolute atomic E-state index is 0.118. The number of hydrogen-bond acceptors (Lipinski definition) is 4. The lowest BCUT2D eigenvalue weighted by atomic mass is 9.81. The van der Waals surface area contributed by atoms with E-state index in [1.807, 2.05) is 0 Å². The minimum Gasteiger partial charge on any atom is -0.481 e. The van der Waals surface area contributed by atoms with Crippen LogP contribution in [-0.2, 0) is 19.1 Å². The molecule has 0 bridgehead atoms. The van der Waals surface area contributed by atoms with Crippen molar-refractivity contribution in [2.75, 3.05) is 13.2 Å². The van der Waals surface area contributed by atoms with Gasteiger partial charge in [-0.2, -0.15) is 0 Å². The van der Waals surface area contributed by atoms with E-state index in [0.717, 1.165) is 6.42 Å². The van der Waals surface area contributed by atoms with E-state index >= 15 is 0 Å². The van der Waals surface area contributed by atoms with Gasteiger partial charge in [0.2, 0.25) is 5.79 Å². The summed E-state index contributed by atoms with van der Waals surface area (Å²) in [4.78, 5) is 22.6. The number of aliphatic carboxylic acids is 1. The topological polar surface area (TPSA) is 72.8 Å². The lowest BCUT2D eigenvalue weighted by molar-refractivity contribution is -0.194. The van der Waals surface area contributed by atoms with E-state index in [1.54, 1.807) is 0 Å². The molecule has 0 amide bonds. The number of ether oxygens (including phenoxy) is 2. The predicted molar refractivity (Wildman–Crippen MR) is 49.2 cm³/mol. The Morgan fingerprint density at radius 1 is 1.47 bits per heavy atom. The maximum atomic E-state index is 12.0. The number of carbonyl (C=O) groups is 2. The SMILES string of the molecule is O=C(O)C[C@@H]1CCCC2(OCCO2)C1=O. The number of Topliss-reactive ketones (excluding diaryl/α,β-unsaturated/α-hetero) is 1. The molecule has 1 atom stereocenters. The van der Waals surface area contributed by atoms with Crippen LogP contribution in [0.25, 0.3) is 0 Å². The molecule has 1 aliphatic heterocycles. The predicted octanol–water partition coefficient (Wildman–Crippen LogP) is 0.573. The summed E-state index contributed by atoms with van der Waals surface area (Å²) in [5, 5.41) is 8.68. The van der Waals surface area contributed by atoms with Crippen LogP contribution in [0.5, 0.6) is 0 Å². The maximum Gasteiger partial charge on any atom is 0.304 e. The van der Waals surface area contributed by atoms with Crippen LogP contribution in [0.3, 0.4) is 0 Å². The number of carboxylic acid groups (broad SMARTS) is 1. The molecule has 1 heterocycles. The molecule has 0 radical (unpaired) electrons. The van der Waals surface area contributed by atoms with Gasteiger partial charge in [0, 0.05) is 12.3 Å². The van der Waals surface area contributed by atoms with Crippen molar-refractivity contribution >= 4 is 11.8 Å². The first kappa shape index (κ1) is 10.6. The van der Waals surface area contributed by atoms with E-state index in [9.17, 15) is 9.59 Å². The Kier molecular flexibility index (Phi) is 2.75. The van der Waals surface area contributed by atoms with Crippen LogP contribution in [0.4, 0.5) is 0 Å². The van der Waals surface area contributed by atoms with Gasteiger partial charge in [-0.1, -0.05) is 0 Å². The molecule has 1 saturated carbocycles. The average Bonchev–Trinajstić information content (AvgIpc) is 2.62. The number of hydrogen-bond donors (Lipinski definition) is 1. The summed E-state index contributed by atoms with van der Waals surface area (Å²) in [6.45, 7) is 0.844. The number of carbonyl (C=O) groups excluding carboxylic acids is 1. The Labute approximate surface area is 87.4 Å². The molecule has 84 valence electrons. The van der Waals surface area contributed by atoms with Gasteiger partial charge in [-0.15, -0.1) is 0 Å². The van der Waals surface area contributed by atoms with E-state index in [0.29, 0.717) is 26.1 Å². The van der Waals surface area contributed by atoms with Crippen LogP contribution >= 0.6 is 0 Å². The normalized spacial score (nSPS) is 29.6. The number of rotatable bonds is 2. The van der Waals surface area contributed by atoms with E-state index < -0.39 is 17.7 Å². The third-order valence-electron chi connectivity index (χ3n) is 2.98. The van der Waals surface area contributed by atoms with Crippen molar-refractivity contribution in [2.24, 2.45) is 5.92 Å². The summed E-state index contributed by atoms with van der Waals surface area (Å²) in [5.74, 6) is -2.69. The van der Waals surface area contributed by atoms with E-state index in [1.165, 1.54) is 0 Å². The number of carboxylic acids is 1. The fourth-order valence-corrected chi connectivity index (χ4v) is 2.29. The Hall–Kier alpha value is -0.940. The molecule has 15 heavy (non-hydrogen) atoms. The lowest BCUT2D eigenvalue weighted by Gasteiger charge is -2.33. The Bertz CT molecular complexity index is 280. The van der Waals surface area contributed by atoms with Crippen molar-refractivity contribution in [2.45, 2.75) is 31.5 Å². The molecule has 1 saturated heterocycles. The van der Waals surface area contributed by atoms with Crippen molar-refractivity contribution < 1.29 is 24.2 Å². The van der Waals surface area contributed by atoms with Crippen molar-refractivity contribution in [3.05, 3.63) is 0 Å². The first-order valence-corrected chi connectivity index (χ1v) is 5.18. The highest BCUT2D eigenvalue weighted by atomic mass is 16.7. The molecule has 1 spiro atoms. The fraction of sp³-hybridized carbons (Fsp3) is 0.800.